The Kier molecular flexibility index (Phi) is 41.7. The van der Waals surface area contributed by atoms with Crippen LogP contribution in [-0.4, -0.2) is 215 Å². The number of hydrogen-bond donors (Lipinski definition) is 6. The van der Waals surface area contributed by atoms with Crippen LogP contribution in [0.25, 0.3) is 0 Å². The summed E-state index contributed by atoms with van der Waals surface area (Å²) in [7, 11) is 7.33. The number of esters is 1. The number of anilines is 2. The van der Waals surface area contributed by atoms with Crippen LogP contribution in [0.15, 0.2) is 60.7 Å². The number of nitrogens with two attached hydrogens (primary N) is 1. The van der Waals surface area contributed by atoms with Crippen molar-refractivity contribution in [2.75, 3.05) is 77.4 Å². The minimum Gasteiger partial charge on any atom is -0.497 e. The van der Waals surface area contributed by atoms with Crippen LogP contribution in [0, 0.1) is 10.8 Å². The van der Waals surface area contributed by atoms with E-state index in [-0.39, 0.29) is 74.2 Å². The molecule has 14 rings (SSSR count). The van der Waals surface area contributed by atoms with Crippen molar-refractivity contribution in [2.45, 2.75) is 214 Å². The van der Waals surface area contributed by atoms with Gasteiger partial charge in [0.2, 0.25) is 0 Å². The predicted molar refractivity (Wildman–Crippen MR) is 397 cm³/mol. The maximum Gasteiger partial charge on any atom is 0.515 e. The highest BCUT2D eigenvalue weighted by Crippen LogP contribution is 2.69. The first kappa shape index (κ1) is 102. The van der Waals surface area contributed by atoms with Crippen molar-refractivity contribution in [3.05, 3.63) is 71.8 Å². The maximum atomic E-state index is 13.0. The number of alkyl carbamates (subject to hydrolysis) is 1. The van der Waals surface area contributed by atoms with Gasteiger partial charge in [-0.2, -0.15) is 0 Å². The summed E-state index contributed by atoms with van der Waals surface area (Å²) in [6, 6.07) is 11.8. The van der Waals surface area contributed by atoms with Crippen LogP contribution in [-0.2, 0) is 44.0 Å². The van der Waals surface area contributed by atoms with Crippen molar-refractivity contribution < 1.29 is 133 Å². The van der Waals surface area contributed by atoms with Crippen LogP contribution < -0.4 is 30.3 Å². The normalized spacial score (nSPS) is 29.3. The summed E-state index contributed by atoms with van der Waals surface area (Å²) in [5, 5.41) is 47.8. The zero-order valence-electron chi connectivity index (χ0n) is 61.4. The van der Waals surface area contributed by atoms with Gasteiger partial charge in [-0.3, -0.25) is 19.3 Å². The molecule has 0 bridgehead atoms. The van der Waals surface area contributed by atoms with Crippen molar-refractivity contribution in [1.82, 2.24) is 15.1 Å². The molecule has 12 aliphatic rings. The molecule has 111 heavy (non-hydrogen) atoms. The lowest BCUT2D eigenvalue weighted by Gasteiger charge is -2.64. The maximum absolute atomic E-state index is 13.0. The Hall–Kier alpha value is -4.60. The second kappa shape index (κ2) is 45.2. The lowest BCUT2D eigenvalue weighted by atomic mass is 9.47. The van der Waals surface area contributed by atoms with E-state index in [9.17, 15) is 39.3 Å². The van der Waals surface area contributed by atoms with Crippen LogP contribution in [0.4, 0.5) is 81.0 Å². The second-order valence-corrected chi connectivity index (χ2v) is 32.5. The highest BCUT2D eigenvalue weighted by Gasteiger charge is 2.79. The Bertz CT molecular complexity index is 3300. The number of benzene rings is 2. The van der Waals surface area contributed by atoms with Crippen LogP contribution in [0.2, 0.25) is 0 Å². The summed E-state index contributed by atoms with van der Waals surface area (Å²) >= 11 is 40.1. The Morgan fingerprint density at radius 2 is 0.937 bits per heavy atom. The van der Waals surface area contributed by atoms with Gasteiger partial charge in [0.1, 0.15) is 47.1 Å². The van der Waals surface area contributed by atoms with Crippen LogP contribution in [0.3, 0.4) is 0 Å². The van der Waals surface area contributed by atoms with Crippen molar-refractivity contribution in [3.8, 4) is 11.5 Å². The van der Waals surface area contributed by atoms with Gasteiger partial charge < -0.3 is 79.2 Å². The number of halogens is 19. The molecule has 43 heteroatoms. The van der Waals surface area contributed by atoms with E-state index in [4.69, 9.17) is 168 Å². The van der Waals surface area contributed by atoms with Gasteiger partial charge in [0.15, 0.2) is 0 Å². The Labute approximate surface area is 677 Å². The topological polar surface area (TPSA) is 291 Å². The fraction of sp³-hybridized carbons (Fsp3) is 0.691. The minimum absolute atomic E-state index is 0. The first-order valence-corrected chi connectivity index (χ1v) is 37.5. The van der Waals surface area contributed by atoms with Gasteiger partial charge in [-0.15, -0.1) is 0 Å². The number of aliphatic hydroxyl groups is 4. The number of alkyl halides is 6. The van der Waals surface area contributed by atoms with Gasteiger partial charge >= 0.3 is 37.0 Å². The third kappa shape index (κ3) is 22.4. The number of nitrogens with zero attached hydrogens (tertiary/aromatic N) is 4. The highest BCUT2D eigenvalue weighted by molar-refractivity contribution is 6.67. The van der Waals surface area contributed by atoms with E-state index < -0.39 is 82.7 Å². The molecule has 6 aliphatic heterocycles. The van der Waals surface area contributed by atoms with E-state index in [1.165, 1.54) is 24.5 Å². The zero-order valence-corrected chi connectivity index (χ0v) is 67.4. The first-order chi connectivity index (χ1) is 51.7. The molecule has 2 aromatic rings. The van der Waals surface area contributed by atoms with Gasteiger partial charge in [0.25, 0.3) is 0 Å². The van der Waals surface area contributed by atoms with E-state index in [1.54, 1.807) is 14.2 Å². The molecule has 0 aromatic heterocycles. The van der Waals surface area contributed by atoms with E-state index in [2.05, 4.69) is 100 Å². The number of ether oxygens (including phenoxy) is 8. The molecule has 6 aliphatic carbocycles. The van der Waals surface area contributed by atoms with E-state index in [0.717, 1.165) is 139 Å². The van der Waals surface area contributed by atoms with Gasteiger partial charge in [0.05, 0.1) is 45.1 Å². The number of rotatable bonds is 11. The molecule has 12 atom stereocenters. The average molecular weight is 1770 g/mol. The molecule has 6 saturated carbocycles. The Morgan fingerprint density at radius 1 is 0.577 bits per heavy atom. The zero-order chi connectivity index (χ0) is 82.4. The molecule has 6 heterocycles. The number of nitrogens with one attached hydrogen (secondary N) is 1. The number of carbonyl (C=O) groups is 5. The average Bonchev–Trinajstić information content (AvgIpc) is 1.51. The molecule has 0 unspecified atom stereocenters. The summed E-state index contributed by atoms with van der Waals surface area (Å²) in [6.45, 7) is 9.07. The van der Waals surface area contributed by atoms with Crippen LogP contribution in [0.5, 0.6) is 11.5 Å². The van der Waals surface area contributed by atoms with E-state index in [1.807, 2.05) is 32.3 Å². The highest BCUT2D eigenvalue weighted by atomic mass is 35.6. The first-order valence-electron chi connectivity index (χ1n) is 34.5. The minimum atomic E-state index is -2.24. The van der Waals surface area contributed by atoms with E-state index in [0.29, 0.717) is 6.42 Å². The molecule has 2 aromatic carbocycles. The number of hydrogen-bond acceptors (Lipinski definition) is 22. The summed E-state index contributed by atoms with van der Waals surface area (Å²) < 4.78 is 115. The van der Waals surface area contributed by atoms with Crippen LogP contribution >= 0.6 is 92.8 Å². The lowest BCUT2D eigenvalue weighted by molar-refractivity contribution is -0.217. The molecule has 23 nitrogen and oxygen atoms in total. The molecule has 2 spiro atoms. The van der Waals surface area contributed by atoms with Gasteiger partial charge in [-0.1, -0.05) is 50.3 Å². The van der Waals surface area contributed by atoms with Crippen molar-refractivity contribution >= 4 is 142 Å². The number of fused-ring (bicyclic) bond motifs is 2. The van der Waals surface area contributed by atoms with Crippen molar-refractivity contribution in [2.24, 2.45) is 16.6 Å². The van der Waals surface area contributed by atoms with Crippen LogP contribution in [0.1, 0.15) is 135 Å². The number of likely N-dealkylation sites (N-methyl/N-ethyl adjacent to an activating group) is 2. The summed E-state index contributed by atoms with van der Waals surface area (Å²) in [5.41, 5.74) is 4.48. The molecular formula is C68H93BCl8F11N6O17. The quantitative estimate of drug-likeness (QED) is 0.0232. The van der Waals surface area contributed by atoms with Gasteiger partial charge in [-0.25, -0.2) is 19.2 Å². The standard InChI is InChI=1S/C29H39N3O6.C22H31N3O3.2C5H7ClO2.C4H8O.C3Cl6O3.B.5F2.FH/c1-5-27-12-7-14-32-15-13-28(23(27)32)21-11-10-20(36-4)16-22(21)31(3)24(28)29(35,25(27)37-18(2)33)17-30-26(34)38-19-8-6-9-19;1-4-20-8-5-10-25-11-9-21(17(20)25)15-7-6-14(28-3)12-16(15)24(2)18(21)22(27,13-23)19(20)26;2*6-5(7)8-4-2-1-3-4;5-4-2-1-3-4;4-2(5,6)11-1(10)12-3(7,8)9;;5*1-2;/h7,10-12,16,19,23-25,35H,5-6,8-9,13-15,17H2,1-4H3,(H,30,34);5-8,12,17-19,26-27H,4,9-11,13,23H2,1-3H3;2*4H,1-3H2;4-5H,1-3H2;;;;;;;;1H/t23-,24+,25+,27+,28+,29-;17-,18+,19+,20+,21+,22-;;;;;;;;;;;/m00.........../s1. The van der Waals surface area contributed by atoms with Gasteiger partial charge in [0, 0.05) is 175 Å². The van der Waals surface area contributed by atoms with Crippen molar-refractivity contribution in [3.63, 3.8) is 0 Å². The number of carbonyl (C=O) groups excluding carboxylic acids is 5. The molecule has 633 valence electrons. The molecule has 1 amide bonds. The number of methoxy groups -OCH3 is 2. The molecule has 2 saturated heterocycles. The van der Waals surface area contributed by atoms with E-state index >= 15 is 0 Å². The third-order valence-electron chi connectivity index (χ3n) is 22.5. The van der Waals surface area contributed by atoms with Crippen molar-refractivity contribution in [1.29, 1.82) is 0 Å². The third-order valence-corrected chi connectivity index (χ3v) is 23.1. The smallest absolute Gasteiger partial charge is 0.497 e. The number of amides is 1. The Morgan fingerprint density at radius 3 is 1.24 bits per heavy atom. The monoisotopic (exact) mass is 1770 g/mol. The molecular weight excluding hydrogens is 1680 g/mol. The largest absolute Gasteiger partial charge is 0.515 e. The van der Waals surface area contributed by atoms with Gasteiger partial charge in [-0.05, 0) is 209 Å². The summed E-state index contributed by atoms with van der Waals surface area (Å²) in [4.78, 5) is 65.2. The fourth-order valence-corrected chi connectivity index (χ4v) is 18.3. The predicted octanol–water partition coefficient (Wildman–Crippen LogP) is 15.7. The molecule has 7 N–H and O–H groups in total. The summed E-state index contributed by atoms with van der Waals surface area (Å²) in [5.74, 6) is 1.10. The fourth-order valence-electron chi connectivity index (χ4n) is 17.7. The lowest BCUT2D eigenvalue weighted by Crippen LogP contribution is -2.81. The second-order valence-electron chi connectivity index (χ2n) is 27.5. The Balaban J connectivity index is 0.000000498. The number of aliphatic hydroxyl groups excluding tert-OH is 2. The molecule has 3 radical (unpaired) electrons. The SMILES string of the molecule is CC[C@]12C=CCN3CC[C@@]4(c5ccc(OC)cc5N(C)[C@H]4[C@@](O)(CN)[C@@H]1O)[C@@H]32.CC[C@]12C=CCN3CC[C@@]4(c5ccc(OC)cc5N(C)[C@H]4[C@@](O)(CNC(=O)OC4CCC4)[C@@H]1OC(C)=O)[C@@H]32.F.FF.FF.FF.FF.FF.O=C(Cl)OC1CCC1.O=C(Cl)OC1CCC1.O=C(OC(Cl)(Cl)Cl)OC(Cl)(Cl)Cl.OC1CCC1.[B]. The molecule has 8 fully saturated rings. The summed E-state index contributed by atoms with van der Waals surface area (Å²) in [6.07, 6.45) is 20.7.